The normalized spacial score (nSPS) is 12.9. The van der Waals surface area contributed by atoms with E-state index in [0.29, 0.717) is 0 Å². The molecule has 0 aliphatic rings. The first kappa shape index (κ1) is 13.0. The fourth-order valence-electron chi connectivity index (χ4n) is 0. The Kier molecular flexibility index (Phi) is 5.98. The third kappa shape index (κ3) is 44.9. The predicted octanol–water partition coefficient (Wildman–Crippen LogP) is 0.808. The first-order valence-corrected chi connectivity index (χ1v) is 3.40. The summed E-state index contributed by atoms with van der Waals surface area (Å²) in [6.45, 7) is 4.57. The summed E-state index contributed by atoms with van der Waals surface area (Å²) < 4.78 is 1.00. The highest BCUT2D eigenvalue weighted by molar-refractivity contribution is 4.44. The molecule has 4 heteroatoms. The minimum atomic E-state index is -0.676. The van der Waals surface area contributed by atoms with Crippen molar-refractivity contribution < 1.29 is 9.41 Å². The van der Waals surface area contributed by atoms with Crippen LogP contribution >= 0.6 is 0 Å². The minimum Gasteiger partial charge on any atom is -0.333 e. The first-order valence-electron chi connectivity index (χ1n) is 3.40. The van der Waals surface area contributed by atoms with Gasteiger partial charge >= 0.3 is 0 Å². The molecule has 0 amide bonds. The second-order valence-corrected chi connectivity index (χ2v) is 3.82. The summed E-state index contributed by atoms with van der Waals surface area (Å²) in [7, 11) is 8.50. The Bertz CT molecular complexity index is 110. The van der Waals surface area contributed by atoms with Crippen LogP contribution in [-0.2, 0) is 0 Å². The topological polar surface area (TPSA) is 43.1 Å². The molecule has 0 aliphatic heterocycles. The standard InChI is InChI=1S/C4H12N.C3H6NO2/c1-5(2,3)4;1-3(2)4(5)6/h1-4H3;3H,1H2,2H3/q+1;-1. The van der Waals surface area contributed by atoms with Gasteiger partial charge in [-0.15, -0.1) is 0 Å². The van der Waals surface area contributed by atoms with Crippen LogP contribution < -0.4 is 0 Å². The summed E-state index contributed by atoms with van der Waals surface area (Å²) in [6, 6.07) is -0.676. The molecule has 0 bridgehead atoms. The Labute approximate surface area is 68.6 Å². The van der Waals surface area contributed by atoms with Gasteiger partial charge in [-0.3, -0.25) is 17.0 Å². The molecule has 0 fully saturated rings. The highest BCUT2D eigenvalue weighted by atomic mass is 16.6. The molecule has 11 heavy (non-hydrogen) atoms. The first-order chi connectivity index (χ1) is 4.64. The van der Waals surface area contributed by atoms with E-state index in [1.54, 1.807) is 0 Å². The van der Waals surface area contributed by atoms with Gasteiger partial charge in [0.25, 0.3) is 0 Å². The Hall–Kier alpha value is -0.640. The molecule has 0 aromatic carbocycles. The maximum Gasteiger partial charge on any atom is 0.0943 e. The predicted molar refractivity (Wildman–Crippen MR) is 45.8 cm³/mol. The maximum atomic E-state index is 9.44. The van der Waals surface area contributed by atoms with Crippen molar-refractivity contribution in [1.29, 1.82) is 0 Å². The lowest BCUT2D eigenvalue weighted by molar-refractivity contribution is -0.849. The van der Waals surface area contributed by atoms with Crippen molar-refractivity contribution in [2.45, 2.75) is 13.0 Å². The Morgan fingerprint density at radius 1 is 1.36 bits per heavy atom. The second-order valence-electron chi connectivity index (χ2n) is 3.82. The van der Waals surface area contributed by atoms with E-state index in [4.69, 9.17) is 0 Å². The SMILES string of the molecule is C[N+](C)(C)C.[CH2-]C(C)[N+](=O)[O-]. The molecule has 0 aliphatic carbocycles. The van der Waals surface area contributed by atoms with Gasteiger partial charge in [-0.25, -0.2) is 0 Å². The molecule has 0 rings (SSSR count). The lowest BCUT2D eigenvalue weighted by atomic mass is 10.4. The van der Waals surface area contributed by atoms with Crippen LogP contribution in [0.5, 0.6) is 0 Å². The number of hydrogen-bond donors (Lipinski definition) is 0. The molecule has 0 spiro atoms. The summed E-state index contributed by atoms with van der Waals surface area (Å²) in [5.41, 5.74) is 0. The summed E-state index contributed by atoms with van der Waals surface area (Å²) in [6.07, 6.45) is 0. The van der Waals surface area contributed by atoms with Gasteiger partial charge in [0.1, 0.15) is 0 Å². The molecular formula is C7H18N2O2. The zero-order valence-electron chi connectivity index (χ0n) is 8.00. The molecular weight excluding hydrogens is 144 g/mol. The zero-order valence-corrected chi connectivity index (χ0v) is 8.00. The van der Waals surface area contributed by atoms with Crippen LogP contribution in [0, 0.1) is 17.0 Å². The summed E-state index contributed by atoms with van der Waals surface area (Å²) in [5, 5.41) is 9.44. The monoisotopic (exact) mass is 162 g/mol. The second kappa shape index (κ2) is 5.07. The summed E-state index contributed by atoms with van der Waals surface area (Å²) >= 11 is 0. The summed E-state index contributed by atoms with van der Waals surface area (Å²) in [5.74, 6) is 0. The van der Waals surface area contributed by atoms with Crippen molar-refractivity contribution in [2.75, 3.05) is 28.2 Å². The van der Waals surface area contributed by atoms with Gasteiger partial charge in [-0.2, -0.15) is 0 Å². The van der Waals surface area contributed by atoms with Crippen molar-refractivity contribution in [1.82, 2.24) is 0 Å². The number of quaternary nitrogens is 1. The van der Waals surface area contributed by atoms with E-state index in [9.17, 15) is 10.1 Å². The zero-order chi connectivity index (χ0) is 9.65. The summed E-state index contributed by atoms with van der Waals surface area (Å²) in [4.78, 5) is 9.00. The van der Waals surface area contributed by atoms with E-state index in [1.165, 1.54) is 6.92 Å². The van der Waals surface area contributed by atoms with Crippen molar-refractivity contribution in [2.24, 2.45) is 0 Å². The van der Waals surface area contributed by atoms with Crippen LogP contribution in [0.25, 0.3) is 0 Å². The van der Waals surface area contributed by atoms with Crippen LogP contribution in [0.2, 0.25) is 0 Å². The number of hydrogen-bond acceptors (Lipinski definition) is 2. The number of rotatable bonds is 1. The third-order valence-corrected chi connectivity index (χ3v) is 0.360. The van der Waals surface area contributed by atoms with Crippen LogP contribution in [0.3, 0.4) is 0 Å². The molecule has 0 heterocycles. The quantitative estimate of drug-likeness (QED) is 0.248. The van der Waals surface area contributed by atoms with E-state index in [2.05, 4.69) is 35.1 Å². The minimum absolute atomic E-state index is 0.444. The van der Waals surface area contributed by atoms with Crippen molar-refractivity contribution in [3.63, 3.8) is 0 Å². The van der Waals surface area contributed by atoms with E-state index in [-0.39, 0.29) is 0 Å². The molecule has 1 unspecified atom stereocenters. The van der Waals surface area contributed by atoms with E-state index in [1.807, 2.05) is 0 Å². The highest BCUT2D eigenvalue weighted by Gasteiger charge is 1.90. The van der Waals surface area contributed by atoms with Gasteiger partial charge in [-0.05, 0) is 11.8 Å². The fourth-order valence-corrected chi connectivity index (χ4v) is 0. The average Bonchev–Trinajstić information content (AvgIpc) is 1.59. The Morgan fingerprint density at radius 3 is 1.45 bits per heavy atom. The van der Waals surface area contributed by atoms with Gasteiger partial charge in [-0.1, -0.05) is 0 Å². The molecule has 4 nitrogen and oxygen atoms in total. The van der Waals surface area contributed by atoms with E-state index >= 15 is 0 Å². The van der Waals surface area contributed by atoms with E-state index < -0.39 is 11.0 Å². The van der Waals surface area contributed by atoms with Gasteiger partial charge in [0.15, 0.2) is 0 Å². The molecule has 0 aromatic heterocycles. The van der Waals surface area contributed by atoms with Gasteiger partial charge in [0.05, 0.1) is 34.2 Å². The number of nitrogens with zero attached hydrogens (tertiary/aromatic N) is 2. The smallest absolute Gasteiger partial charge is 0.0943 e. The van der Waals surface area contributed by atoms with Gasteiger partial charge in [0.2, 0.25) is 0 Å². The van der Waals surface area contributed by atoms with Crippen LogP contribution in [-0.4, -0.2) is 43.6 Å². The Morgan fingerprint density at radius 2 is 1.45 bits per heavy atom. The molecule has 1 atom stereocenters. The highest BCUT2D eigenvalue weighted by Crippen LogP contribution is 1.79. The molecule has 0 saturated heterocycles. The lowest BCUT2D eigenvalue weighted by Gasteiger charge is -2.14. The average molecular weight is 162 g/mol. The molecule has 0 saturated carbocycles. The molecule has 68 valence electrons. The molecule has 0 radical (unpaired) electrons. The maximum absolute atomic E-state index is 9.44. The Balaban J connectivity index is 0. The largest absolute Gasteiger partial charge is 0.333 e. The van der Waals surface area contributed by atoms with E-state index in [0.717, 1.165) is 4.48 Å². The molecule has 0 aromatic rings. The van der Waals surface area contributed by atoms with Gasteiger partial charge in [0, 0.05) is 0 Å². The van der Waals surface area contributed by atoms with Crippen LogP contribution in [0.4, 0.5) is 0 Å². The van der Waals surface area contributed by atoms with Crippen molar-refractivity contribution in [3.8, 4) is 0 Å². The van der Waals surface area contributed by atoms with Crippen molar-refractivity contribution in [3.05, 3.63) is 17.0 Å². The van der Waals surface area contributed by atoms with Crippen molar-refractivity contribution >= 4 is 0 Å². The van der Waals surface area contributed by atoms with Crippen LogP contribution in [0.15, 0.2) is 0 Å². The third-order valence-electron chi connectivity index (χ3n) is 0.360. The molecule has 0 N–H and O–H groups in total. The fraction of sp³-hybridized carbons (Fsp3) is 0.857. The van der Waals surface area contributed by atoms with Gasteiger partial charge < -0.3 is 4.48 Å². The van der Waals surface area contributed by atoms with Crippen LogP contribution in [0.1, 0.15) is 6.92 Å². The lowest BCUT2D eigenvalue weighted by Crippen LogP contribution is -2.27. The number of nitro groups is 1.